The number of carbonyl (C=O) groups excluding carboxylic acids is 1. The average Bonchev–Trinajstić information content (AvgIpc) is 2.19. The third-order valence-electron chi connectivity index (χ3n) is 2.26. The molecule has 0 aliphatic rings. The highest BCUT2D eigenvalue weighted by molar-refractivity contribution is 6.68. The second kappa shape index (κ2) is 5.94. The van der Waals surface area contributed by atoms with Gasteiger partial charge in [-0.3, -0.25) is 4.79 Å². The predicted molar refractivity (Wildman–Crippen MR) is 70.8 cm³/mol. The van der Waals surface area contributed by atoms with Crippen LogP contribution in [0.2, 0.25) is 0 Å². The molecule has 1 aromatic carbocycles. The van der Waals surface area contributed by atoms with Crippen molar-refractivity contribution in [1.29, 1.82) is 0 Å². The maximum atomic E-state index is 11.8. The van der Waals surface area contributed by atoms with E-state index in [9.17, 15) is 4.79 Å². The van der Waals surface area contributed by atoms with Crippen molar-refractivity contribution < 1.29 is 9.53 Å². The highest BCUT2D eigenvalue weighted by Crippen LogP contribution is 2.42. The molecule has 1 atom stereocenters. The Hall–Kier alpha value is -0.440. The van der Waals surface area contributed by atoms with Crippen LogP contribution in [-0.2, 0) is 9.53 Å². The van der Waals surface area contributed by atoms with Gasteiger partial charge in [-0.25, -0.2) is 0 Å². The molecule has 17 heavy (non-hydrogen) atoms. The summed E-state index contributed by atoms with van der Waals surface area (Å²) in [6.45, 7) is 3.91. The third-order valence-corrected chi connectivity index (χ3v) is 2.91. The summed E-state index contributed by atoms with van der Waals surface area (Å²) in [5, 5.41) is 0. The molecular formula is C12H13Cl3O2. The number of hydrogen-bond acceptors (Lipinski definition) is 2. The van der Waals surface area contributed by atoms with E-state index in [-0.39, 0.29) is 6.61 Å². The van der Waals surface area contributed by atoms with Crippen molar-refractivity contribution in [2.75, 3.05) is 6.61 Å². The van der Waals surface area contributed by atoms with Gasteiger partial charge in [0.1, 0.15) is 5.92 Å². The summed E-state index contributed by atoms with van der Waals surface area (Å²) in [5.74, 6) is -1.44. The van der Waals surface area contributed by atoms with Crippen LogP contribution in [0.25, 0.3) is 0 Å². The normalized spacial score (nSPS) is 13.2. The van der Waals surface area contributed by atoms with Gasteiger partial charge >= 0.3 is 5.97 Å². The van der Waals surface area contributed by atoms with Crippen LogP contribution in [0, 0.1) is 6.92 Å². The number of alkyl halides is 3. The first-order chi connectivity index (χ1) is 7.86. The van der Waals surface area contributed by atoms with Gasteiger partial charge in [-0.1, -0.05) is 64.6 Å². The van der Waals surface area contributed by atoms with Gasteiger partial charge in [0, 0.05) is 0 Å². The lowest BCUT2D eigenvalue weighted by Gasteiger charge is -2.22. The summed E-state index contributed by atoms with van der Waals surface area (Å²) in [6.07, 6.45) is 0. The summed E-state index contributed by atoms with van der Waals surface area (Å²) >= 11 is 17.5. The van der Waals surface area contributed by atoms with Crippen molar-refractivity contribution in [3.63, 3.8) is 0 Å². The zero-order valence-corrected chi connectivity index (χ0v) is 11.8. The zero-order valence-electron chi connectivity index (χ0n) is 9.54. The van der Waals surface area contributed by atoms with Crippen LogP contribution in [0.3, 0.4) is 0 Å². The lowest BCUT2D eigenvalue weighted by molar-refractivity contribution is -0.144. The van der Waals surface area contributed by atoms with Gasteiger partial charge in [0.15, 0.2) is 0 Å². The molecule has 0 heterocycles. The number of carbonyl (C=O) groups is 1. The second-order valence-corrected chi connectivity index (χ2v) is 6.01. The van der Waals surface area contributed by atoms with Crippen LogP contribution < -0.4 is 0 Å². The molecular weight excluding hydrogens is 282 g/mol. The minimum Gasteiger partial charge on any atom is -0.465 e. The number of rotatable bonds is 3. The summed E-state index contributed by atoms with van der Waals surface area (Å²) in [5.41, 5.74) is 1.70. The maximum Gasteiger partial charge on any atom is 0.317 e. The zero-order chi connectivity index (χ0) is 13.1. The van der Waals surface area contributed by atoms with E-state index in [1.807, 2.05) is 19.1 Å². The van der Waals surface area contributed by atoms with Crippen molar-refractivity contribution in [2.45, 2.75) is 23.6 Å². The van der Waals surface area contributed by atoms with E-state index in [1.165, 1.54) is 0 Å². The highest BCUT2D eigenvalue weighted by Gasteiger charge is 2.40. The molecule has 0 aliphatic carbocycles. The van der Waals surface area contributed by atoms with Crippen LogP contribution in [0.5, 0.6) is 0 Å². The fraction of sp³-hybridized carbons (Fsp3) is 0.417. The molecule has 1 rings (SSSR count). The largest absolute Gasteiger partial charge is 0.465 e. The summed E-state index contributed by atoms with van der Waals surface area (Å²) in [4.78, 5) is 11.8. The van der Waals surface area contributed by atoms with Gasteiger partial charge in [0.25, 0.3) is 0 Å². The van der Waals surface area contributed by atoms with Crippen molar-refractivity contribution in [2.24, 2.45) is 0 Å². The lowest BCUT2D eigenvalue weighted by atomic mass is 9.99. The molecule has 2 nitrogen and oxygen atoms in total. The molecule has 0 fully saturated rings. The van der Waals surface area contributed by atoms with Gasteiger partial charge in [-0.05, 0) is 19.4 Å². The number of halogens is 3. The quantitative estimate of drug-likeness (QED) is 0.622. The summed E-state index contributed by atoms with van der Waals surface area (Å²) in [6, 6.07) is 7.24. The molecule has 5 heteroatoms. The minimum absolute atomic E-state index is 0.252. The molecule has 0 aliphatic heterocycles. The molecule has 0 saturated carbocycles. The van der Waals surface area contributed by atoms with Gasteiger partial charge in [0.2, 0.25) is 3.79 Å². The van der Waals surface area contributed by atoms with Crippen molar-refractivity contribution in [1.82, 2.24) is 0 Å². The molecule has 0 saturated heterocycles. The first-order valence-corrected chi connectivity index (χ1v) is 6.29. The van der Waals surface area contributed by atoms with E-state index in [1.54, 1.807) is 19.1 Å². The fourth-order valence-corrected chi connectivity index (χ4v) is 2.09. The Morgan fingerprint density at radius 1 is 1.29 bits per heavy atom. The molecule has 1 aromatic rings. The monoisotopic (exact) mass is 294 g/mol. The highest BCUT2D eigenvalue weighted by atomic mass is 35.6. The molecule has 94 valence electrons. The molecule has 0 amide bonds. The second-order valence-electron chi connectivity index (χ2n) is 3.64. The van der Waals surface area contributed by atoms with Crippen LogP contribution in [-0.4, -0.2) is 16.4 Å². The van der Waals surface area contributed by atoms with Crippen LogP contribution in [0.1, 0.15) is 24.0 Å². The smallest absolute Gasteiger partial charge is 0.317 e. The minimum atomic E-state index is -1.72. The van der Waals surface area contributed by atoms with E-state index < -0.39 is 15.7 Å². The molecule has 0 radical (unpaired) electrons. The number of esters is 1. The fourth-order valence-electron chi connectivity index (χ4n) is 1.44. The average molecular weight is 296 g/mol. The van der Waals surface area contributed by atoms with Crippen molar-refractivity contribution in [3.8, 4) is 0 Å². The van der Waals surface area contributed by atoms with Crippen LogP contribution in [0.15, 0.2) is 24.3 Å². The molecule has 0 bridgehead atoms. The van der Waals surface area contributed by atoms with Gasteiger partial charge in [-0.2, -0.15) is 0 Å². The SMILES string of the molecule is CCOC(=O)[C@@H](c1ccc(C)cc1)C(Cl)(Cl)Cl. The van der Waals surface area contributed by atoms with E-state index in [0.717, 1.165) is 5.56 Å². The Morgan fingerprint density at radius 2 is 1.82 bits per heavy atom. The Kier molecular flexibility index (Phi) is 5.11. The Bertz CT molecular complexity index is 382. The summed E-state index contributed by atoms with van der Waals surface area (Å²) in [7, 11) is 0. The topological polar surface area (TPSA) is 26.3 Å². The number of ether oxygens (including phenoxy) is 1. The Labute approximate surface area is 116 Å². The first kappa shape index (κ1) is 14.6. The maximum absolute atomic E-state index is 11.8. The molecule has 0 spiro atoms. The van der Waals surface area contributed by atoms with Gasteiger partial charge in [0.05, 0.1) is 6.61 Å². The lowest BCUT2D eigenvalue weighted by Crippen LogP contribution is -2.27. The molecule has 0 unspecified atom stereocenters. The number of aryl methyl sites for hydroxylation is 1. The van der Waals surface area contributed by atoms with E-state index in [0.29, 0.717) is 5.56 Å². The Balaban J connectivity index is 3.07. The molecule has 0 N–H and O–H groups in total. The first-order valence-electron chi connectivity index (χ1n) is 5.16. The van der Waals surface area contributed by atoms with E-state index >= 15 is 0 Å². The summed E-state index contributed by atoms with van der Waals surface area (Å²) < 4.78 is 3.20. The van der Waals surface area contributed by atoms with Crippen LogP contribution >= 0.6 is 34.8 Å². The van der Waals surface area contributed by atoms with Crippen molar-refractivity contribution >= 4 is 40.8 Å². The van der Waals surface area contributed by atoms with Crippen LogP contribution in [0.4, 0.5) is 0 Å². The standard InChI is InChI=1S/C12H13Cl3O2/c1-3-17-11(16)10(12(13,14)15)9-6-4-8(2)5-7-9/h4-7,10H,3H2,1-2H3/t10-/m1/s1. The molecule has 0 aromatic heterocycles. The van der Waals surface area contributed by atoms with Crippen molar-refractivity contribution in [3.05, 3.63) is 35.4 Å². The predicted octanol–water partition coefficient (Wildman–Crippen LogP) is 4.01. The number of benzene rings is 1. The van der Waals surface area contributed by atoms with E-state index in [4.69, 9.17) is 39.5 Å². The third kappa shape index (κ3) is 4.06. The Morgan fingerprint density at radius 3 is 2.24 bits per heavy atom. The number of hydrogen-bond donors (Lipinski definition) is 0. The van der Waals surface area contributed by atoms with E-state index in [2.05, 4.69) is 0 Å². The van der Waals surface area contributed by atoms with Gasteiger partial charge in [-0.15, -0.1) is 0 Å². The van der Waals surface area contributed by atoms with Gasteiger partial charge < -0.3 is 4.74 Å².